The first-order valence-corrected chi connectivity index (χ1v) is 8.58. The number of H-pyrrole nitrogens is 1. The molecule has 0 bridgehead atoms. The van der Waals surface area contributed by atoms with Crippen molar-refractivity contribution in [2.24, 2.45) is 0 Å². The van der Waals surface area contributed by atoms with Crippen LogP contribution in [0.15, 0.2) is 47.6 Å². The Kier molecular flexibility index (Phi) is 3.33. The second-order valence-corrected chi connectivity index (χ2v) is 7.08. The normalized spacial score (nSPS) is 11.5. The third-order valence-corrected chi connectivity index (χ3v) is 5.43. The Hall–Kier alpha value is -1.56. The first-order valence-electron chi connectivity index (χ1n) is 6.40. The minimum atomic E-state index is 0.717. The van der Waals surface area contributed by atoms with Gasteiger partial charge in [-0.1, -0.05) is 35.5 Å². The lowest BCUT2D eigenvalue weighted by atomic mass is 10.3. The number of rotatable bonds is 3. The van der Waals surface area contributed by atoms with Crippen LogP contribution in [0.4, 0.5) is 0 Å². The molecule has 4 rings (SSSR count). The van der Waals surface area contributed by atoms with E-state index in [1.54, 1.807) is 23.1 Å². The van der Waals surface area contributed by atoms with Crippen LogP contribution in [0, 0.1) is 0 Å². The van der Waals surface area contributed by atoms with E-state index < -0.39 is 0 Å². The molecular formula is C15H10ClN3S2. The van der Waals surface area contributed by atoms with Gasteiger partial charge in [-0.05, 0) is 30.3 Å². The number of thiazole rings is 1. The van der Waals surface area contributed by atoms with Gasteiger partial charge in [-0.25, -0.2) is 9.97 Å². The van der Waals surface area contributed by atoms with Gasteiger partial charge in [0.25, 0.3) is 0 Å². The maximum absolute atomic E-state index is 5.98. The van der Waals surface area contributed by atoms with E-state index in [0.29, 0.717) is 5.02 Å². The summed E-state index contributed by atoms with van der Waals surface area (Å²) in [4.78, 5) is 12.5. The van der Waals surface area contributed by atoms with Gasteiger partial charge in [0.2, 0.25) is 0 Å². The van der Waals surface area contributed by atoms with Crippen molar-refractivity contribution in [1.29, 1.82) is 0 Å². The number of aromatic amines is 1. The molecule has 0 saturated heterocycles. The number of hydrogen-bond acceptors (Lipinski definition) is 4. The van der Waals surface area contributed by atoms with Crippen LogP contribution in [0.1, 0.15) is 5.01 Å². The number of nitrogens with zero attached hydrogens (tertiary/aromatic N) is 2. The molecule has 3 nitrogen and oxygen atoms in total. The molecule has 0 fully saturated rings. The molecule has 0 aliphatic heterocycles. The van der Waals surface area contributed by atoms with Gasteiger partial charge in [-0.3, -0.25) is 0 Å². The zero-order valence-corrected chi connectivity index (χ0v) is 13.2. The Morgan fingerprint density at radius 1 is 1.10 bits per heavy atom. The average Bonchev–Trinajstić information content (AvgIpc) is 3.07. The standard InChI is InChI=1S/C15H10ClN3S2/c16-9-5-6-10-12(7-9)19-15(18-10)20-8-14-17-11-3-1-2-4-13(11)21-14/h1-7H,8H2,(H,18,19). The van der Waals surface area contributed by atoms with Crippen LogP contribution in [0.25, 0.3) is 21.3 Å². The summed E-state index contributed by atoms with van der Waals surface area (Å²) in [5.41, 5.74) is 2.97. The topological polar surface area (TPSA) is 41.6 Å². The van der Waals surface area contributed by atoms with Crippen molar-refractivity contribution in [1.82, 2.24) is 15.0 Å². The molecule has 0 atom stereocenters. The second-order valence-electron chi connectivity index (χ2n) is 4.57. The first-order chi connectivity index (χ1) is 10.3. The Balaban J connectivity index is 1.57. The molecule has 104 valence electrons. The highest BCUT2D eigenvalue weighted by Crippen LogP contribution is 2.28. The molecule has 2 aromatic carbocycles. The molecule has 1 N–H and O–H groups in total. The molecule has 4 aromatic rings. The maximum atomic E-state index is 5.98. The Bertz CT molecular complexity index is 896. The van der Waals surface area contributed by atoms with Crippen molar-refractivity contribution in [3.05, 3.63) is 52.5 Å². The van der Waals surface area contributed by atoms with Crippen LogP contribution in [0.2, 0.25) is 5.02 Å². The summed E-state index contributed by atoms with van der Waals surface area (Å²) in [6.07, 6.45) is 0. The summed E-state index contributed by atoms with van der Waals surface area (Å²) in [7, 11) is 0. The number of benzene rings is 2. The molecule has 6 heteroatoms. The summed E-state index contributed by atoms with van der Waals surface area (Å²) in [6.45, 7) is 0. The SMILES string of the molecule is Clc1ccc2nc(SCc3nc4ccccc4s3)[nH]c2c1. The first kappa shape index (κ1) is 13.1. The number of hydrogen-bond donors (Lipinski definition) is 1. The van der Waals surface area contributed by atoms with Crippen molar-refractivity contribution in [2.45, 2.75) is 10.9 Å². The monoisotopic (exact) mass is 331 g/mol. The maximum Gasteiger partial charge on any atom is 0.166 e. The van der Waals surface area contributed by atoms with Crippen LogP contribution >= 0.6 is 34.7 Å². The van der Waals surface area contributed by atoms with E-state index in [1.165, 1.54) is 4.70 Å². The zero-order valence-electron chi connectivity index (χ0n) is 10.8. The van der Waals surface area contributed by atoms with Crippen LogP contribution in [-0.4, -0.2) is 15.0 Å². The predicted molar refractivity (Wildman–Crippen MR) is 90.3 cm³/mol. The van der Waals surface area contributed by atoms with E-state index in [9.17, 15) is 0 Å². The lowest BCUT2D eigenvalue weighted by Gasteiger charge is -1.92. The minimum absolute atomic E-state index is 0.717. The number of nitrogens with one attached hydrogen (secondary N) is 1. The summed E-state index contributed by atoms with van der Waals surface area (Å²) in [5.74, 6) is 0.812. The van der Waals surface area contributed by atoms with Gasteiger partial charge in [0.1, 0.15) is 5.01 Å². The number of thioether (sulfide) groups is 1. The van der Waals surface area contributed by atoms with E-state index in [-0.39, 0.29) is 0 Å². The molecule has 0 amide bonds. The molecule has 21 heavy (non-hydrogen) atoms. The molecule has 2 heterocycles. The zero-order chi connectivity index (χ0) is 14.2. The highest BCUT2D eigenvalue weighted by Gasteiger charge is 2.07. The fourth-order valence-corrected chi connectivity index (χ4v) is 4.16. The number of halogens is 1. The molecule has 0 spiro atoms. The molecule has 0 unspecified atom stereocenters. The quantitative estimate of drug-likeness (QED) is 0.530. The van der Waals surface area contributed by atoms with Gasteiger partial charge in [-0.15, -0.1) is 11.3 Å². The molecule has 0 saturated carbocycles. The lowest BCUT2D eigenvalue weighted by Crippen LogP contribution is -1.79. The van der Waals surface area contributed by atoms with Crippen LogP contribution in [0.3, 0.4) is 0 Å². The number of aromatic nitrogens is 3. The van der Waals surface area contributed by atoms with Crippen molar-refractivity contribution in [3.8, 4) is 0 Å². The van der Waals surface area contributed by atoms with Crippen LogP contribution < -0.4 is 0 Å². The Morgan fingerprint density at radius 2 is 2.00 bits per heavy atom. The van der Waals surface area contributed by atoms with E-state index in [4.69, 9.17) is 11.6 Å². The third kappa shape index (κ3) is 2.64. The molecule has 0 radical (unpaired) electrons. The van der Waals surface area contributed by atoms with Crippen molar-refractivity contribution in [2.75, 3.05) is 0 Å². The molecule has 2 aromatic heterocycles. The summed E-state index contributed by atoms with van der Waals surface area (Å²) in [5, 5.41) is 2.72. The van der Waals surface area contributed by atoms with Crippen molar-refractivity contribution < 1.29 is 0 Å². The highest BCUT2D eigenvalue weighted by molar-refractivity contribution is 7.98. The summed E-state index contributed by atoms with van der Waals surface area (Å²) in [6, 6.07) is 13.9. The van der Waals surface area contributed by atoms with E-state index in [1.807, 2.05) is 36.4 Å². The Morgan fingerprint density at radius 3 is 2.90 bits per heavy atom. The minimum Gasteiger partial charge on any atom is -0.333 e. The predicted octanol–water partition coefficient (Wildman–Crippen LogP) is 5.12. The van der Waals surface area contributed by atoms with Gasteiger partial charge in [-0.2, -0.15) is 0 Å². The molecule has 0 aliphatic rings. The smallest absolute Gasteiger partial charge is 0.166 e. The number of para-hydroxylation sites is 1. The fourth-order valence-electron chi connectivity index (χ4n) is 2.14. The summed E-state index contributed by atoms with van der Waals surface area (Å²) >= 11 is 9.37. The fraction of sp³-hybridized carbons (Fsp3) is 0.0667. The van der Waals surface area contributed by atoms with Crippen molar-refractivity contribution in [3.63, 3.8) is 0 Å². The van der Waals surface area contributed by atoms with Crippen LogP contribution in [-0.2, 0) is 5.75 Å². The van der Waals surface area contributed by atoms with Gasteiger partial charge in [0.15, 0.2) is 5.16 Å². The number of imidazole rings is 1. The molecule has 0 aliphatic carbocycles. The van der Waals surface area contributed by atoms with Crippen molar-refractivity contribution >= 4 is 55.9 Å². The summed E-state index contributed by atoms with van der Waals surface area (Å²) < 4.78 is 1.23. The van der Waals surface area contributed by atoms with Crippen LogP contribution in [0.5, 0.6) is 0 Å². The van der Waals surface area contributed by atoms with Gasteiger partial charge in [0.05, 0.1) is 27.0 Å². The third-order valence-electron chi connectivity index (χ3n) is 3.09. The van der Waals surface area contributed by atoms with Gasteiger partial charge >= 0.3 is 0 Å². The number of fused-ring (bicyclic) bond motifs is 2. The average molecular weight is 332 g/mol. The van der Waals surface area contributed by atoms with Gasteiger partial charge in [0, 0.05) is 5.02 Å². The molecular weight excluding hydrogens is 322 g/mol. The highest BCUT2D eigenvalue weighted by atomic mass is 35.5. The van der Waals surface area contributed by atoms with Gasteiger partial charge < -0.3 is 4.98 Å². The van der Waals surface area contributed by atoms with E-state index in [2.05, 4.69) is 21.0 Å². The van der Waals surface area contributed by atoms with E-state index in [0.717, 1.165) is 32.5 Å². The lowest BCUT2D eigenvalue weighted by molar-refractivity contribution is 1.08. The second kappa shape index (κ2) is 5.33. The Labute approximate surface area is 134 Å². The largest absolute Gasteiger partial charge is 0.333 e. The van der Waals surface area contributed by atoms with E-state index >= 15 is 0 Å².